The Balaban J connectivity index is 2.06. The van der Waals surface area contributed by atoms with Crippen molar-refractivity contribution in [3.63, 3.8) is 0 Å². The second kappa shape index (κ2) is 9.21. The van der Waals surface area contributed by atoms with Crippen molar-refractivity contribution in [3.8, 4) is 5.75 Å². The number of anilines is 1. The lowest BCUT2D eigenvalue weighted by atomic mass is 10.1. The van der Waals surface area contributed by atoms with Gasteiger partial charge < -0.3 is 10.1 Å². The Hall–Kier alpha value is -2.38. The molecule has 0 bridgehead atoms. The van der Waals surface area contributed by atoms with Gasteiger partial charge in [0.15, 0.2) is 6.61 Å². The van der Waals surface area contributed by atoms with Gasteiger partial charge in [-0.2, -0.15) is 0 Å². The molecule has 2 N–H and O–H groups in total. The van der Waals surface area contributed by atoms with Crippen LogP contribution in [0.25, 0.3) is 0 Å². The smallest absolute Gasteiger partial charge is 0.262 e. The first-order valence-electron chi connectivity index (χ1n) is 9.28. The van der Waals surface area contributed by atoms with Crippen LogP contribution in [0.15, 0.2) is 41.3 Å². The number of para-hydroxylation sites is 1. The molecule has 0 aromatic heterocycles. The zero-order valence-electron chi connectivity index (χ0n) is 17.0. The van der Waals surface area contributed by atoms with Crippen molar-refractivity contribution in [1.29, 1.82) is 0 Å². The van der Waals surface area contributed by atoms with Crippen LogP contribution in [0.3, 0.4) is 0 Å². The first kappa shape index (κ1) is 21.9. The van der Waals surface area contributed by atoms with Gasteiger partial charge in [-0.3, -0.25) is 4.79 Å². The summed E-state index contributed by atoms with van der Waals surface area (Å²) in [7, 11) is -3.57. The Morgan fingerprint density at radius 1 is 1.11 bits per heavy atom. The Labute approximate surface area is 167 Å². The fourth-order valence-corrected chi connectivity index (χ4v) is 4.19. The maximum absolute atomic E-state index is 12.3. The van der Waals surface area contributed by atoms with Crippen LogP contribution in [0, 0.1) is 13.8 Å². The average molecular weight is 405 g/mol. The van der Waals surface area contributed by atoms with Gasteiger partial charge in [0.1, 0.15) is 5.75 Å². The summed E-state index contributed by atoms with van der Waals surface area (Å²) in [6.45, 7) is 9.10. The van der Waals surface area contributed by atoms with E-state index < -0.39 is 10.0 Å². The van der Waals surface area contributed by atoms with Crippen LogP contribution >= 0.6 is 0 Å². The summed E-state index contributed by atoms with van der Waals surface area (Å²) in [6, 6.07) is 10.3. The number of rotatable bonds is 8. The average Bonchev–Trinajstić information content (AvgIpc) is 2.61. The van der Waals surface area contributed by atoms with Gasteiger partial charge in [0.25, 0.3) is 5.91 Å². The van der Waals surface area contributed by atoms with Gasteiger partial charge in [0, 0.05) is 11.7 Å². The molecule has 0 spiro atoms. The molecule has 0 aliphatic heterocycles. The predicted molar refractivity (Wildman–Crippen MR) is 111 cm³/mol. The first-order valence-corrected chi connectivity index (χ1v) is 10.8. The molecule has 0 fully saturated rings. The summed E-state index contributed by atoms with van der Waals surface area (Å²) in [5.41, 5.74) is 3.52. The lowest BCUT2D eigenvalue weighted by Gasteiger charge is -2.15. The van der Waals surface area contributed by atoms with Crippen molar-refractivity contribution in [2.45, 2.75) is 52.0 Å². The maximum Gasteiger partial charge on any atom is 0.262 e. The number of ether oxygens (including phenoxy) is 1. The Morgan fingerprint density at radius 3 is 2.43 bits per heavy atom. The van der Waals surface area contributed by atoms with Crippen molar-refractivity contribution in [2.24, 2.45) is 0 Å². The number of carbonyl (C=O) groups is 1. The molecular formula is C21H28N2O4S. The summed E-state index contributed by atoms with van der Waals surface area (Å²) in [6.07, 6.45) is 0.817. The molecule has 0 saturated heterocycles. The topological polar surface area (TPSA) is 84.5 Å². The molecule has 0 aliphatic carbocycles. The fraction of sp³-hybridized carbons (Fsp3) is 0.381. The second-order valence-corrected chi connectivity index (χ2v) is 8.72. The molecule has 0 aliphatic rings. The van der Waals surface area contributed by atoms with Crippen LogP contribution in [0.2, 0.25) is 0 Å². The molecule has 152 valence electrons. The lowest BCUT2D eigenvalue weighted by Crippen LogP contribution is -2.30. The van der Waals surface area contributed by atoms with E-state index in [2.05, 4.69) is 10.0 Å². The highest BCUT2D eigenvalue weighted by Gasteiger charge is 2.17. The zero-order valence-corrected chi connectivity index (χ0v) is 17.8. The van der Waals surface area contributed by atoms with Gasteiger partial charge in [-0.15, -0.1) is 0 Å². The standard InChI is InChI=1S/C21H28N2O4S/c1-6-17-9-7-8-15(4)21(17)22-20(24)13-27-19-11-10-18(12-16(19)5)28(25,26)23-14(2)3/h7-12,14,23H,6,13H2,1-5H3,(H,22,24). The number of benzene rings is 2. The molecular weight excluding hydrogens is 376 g/mol. The molecule has 2 rings (SSSR count). The third-order valence-electron chi connectivity index (χ3n) is 4.21. The van der Waals surface area contributed by atoms with Crippen LogP contribution < -0.4 is 14.8 Å². The SMILES string of the molecule is CCc1cccc(C)c1NC(=O)COc1ccc(S(=O)(=O)NC(C)C)cc1C. The monoisotopic (exact) mass is 404 g/mol. The number of nitrogens with one attached hydrogen (secondary N) is 2. The Morgan fingerprint density at radius 2 is 1.82 bits per heavy atom. The van der Waals surface area contributed by atoms with E-state index in [0.717, 1.165) is 23.2 Å². The van der Waals surface area contributed by atoms with Crippen molar-refractivity contribution in [1.82, 2.24) is 4.72 Å². The highest BCUT2D eigenvalue weighted by Crippen LogP contribution is 2.23. The van der Waals surface area contributed by atoms with Gasteiger partial charge in [-0.1, -0.05) is 25.1 Å². The molecule has 0 radical (unpaired) electrons. The van der Waals surface area contributed by atoms with Crippen molar-refractivity contribution in [2.75, 3.05) is 11.9 Å². The van der Waals surface area contributed by atoms with E-state index in [1.54, 1.807) is 26.8 Å². The number of amides is 1. The number of hydrogen-bond acceptors (Lipinski definition) is 4. The summed E-state index contributed by atoms with van der Waals surface area (Å²) >= 11 is 0. The molecule has 0 saturated carbocycles. The highest BCUT2D eigenvalue weighted by molar-refractivity contribution is 7.89. The predicted octanol–water partition coefficient (Wildman–Crippen LogP) is 3.57. The molecule has 7 heteroatoms. The van der Waals surface area contributed by atoms with E-state index in [4.69, 9.17) is 4.74 Å². The fourth-order valence-electron chi connectivity index (χ4n) is 2.85. The van der Waals surface area contributed by atoms with Crippen LogP contribution in [-0.2, 0) is 21.2 Å². The number of hydrogen-bond donors (Lipinski definition) is 2. The quantitative estimate of drug-likeness (QED) is 0.704. The van der Waals surface area contributed by atoms with Gasteiger partial charge in [-0.05, 0) is 69.0 Å². The first-order chi connectivity index (χ1) is 13.1. The maximum atomic E-state index is 12.3. The minimum Gasteiger partial charge on any atom is -0.483 e. The van der Waals surface area contributed by atoms with Crippen molar-refractivity contribution in [3.05, 3.63) is 53.1 Å². The third kappa shape index (κ3) is 5.56. The van der Waals surface area contributed by atoms with Gasteiger partial charge in [0.2, 0.25) is 10.0 Å². The van der Waals surface area contributed by atoms with E-state index >= 15 is 0 Å². The molecule has 28 heavy (non-hydrogen) atoms. The van der Waals surface area contributed by atoms with Crippen LogP contribution in [0.5, 0.6) is 5.75 Å². The molecule has 6 nitrogen and oxygen atoms in total. The number of sulfonamides is 1. The lowest BCUT2D eigenvalue weighted by molar-refractivity contribution is -0.118. The summed E-state index contributed by atoms with van der Waals surface area (Å²) < 4.78 is 32.7. The highest BCUT2D eigenvalue weighted by atomic mass is 32.2. The van der Waals surface area contributed by atoms with Crippen LogP contribution in [0.1, 0.15) is 37.5 Å². The normalized spacial score (nSPS) is 11.5. The van der Waals surface area contributed by atoms with Crippen molar-refractivity contribution < 1.29 is 17.9 Å². The van der Waals surface area contributed by atoms with E-state index in [1.165, 1.54) is 12.1 Å². The van der Waals surface area contributed by atoms with Gasteiger partial charge >= 0.3 is 0 Å². The van der Waals surface area contributed by atoms with Crippen LogP contribution in [-0.4, -0.2) is 27.0 Å². The van der Waals surface area contributed by atoms with Gasteiger partial charge in [0.05, 0.1) is 4.90 Å². The summed E-state index contributed by atoms with van der Waals surface area (Å²) in [5.74, 6) is 0.209. The molecule has 0 heterocycles. The zero-order chi connectivity index (χ0) is 20.9. The second-order valence-electron chi connectivity index (χ2n) is 7.00. The minimum absolute atomic E-state index is 0.158. The molecule has 2 aromatic carbocycles. The van der Waals surface area contributed by atoms with E-state index in [-0.39, 0.29) is 23.5 Å². The Bertz CT molecular complexity index is 953. The van der Waals surface area contributed by atoms with Crippen molar-refractivity contribution >= 4 is 21.6 Å². The van der Waals surface area contributed by atoms with Crippen LogP contribution in [0.4, 0.5) is 5.69 Å². The number of carbonyl (C=O) groups excluding carboxylic acids is 1. The largest absolute Gasteiger partial charge is 0.483 e. The summed E-state index contributed by atoms with van der Waals surface area (Å²) in [5, 5.41) is 2.91. The number of aryl methyl sites for hydroxylation is 3. The molecule has 0 atom stereocenters. The van der Waals surface area contributed by atoms with E-state index in [0.29, 0.717) is 11.3 Å². The third-order valence-corrected chi connectivity index (χ3v) is 5.87. The summed E-state index contributed by atoms with van der Waals surface area (Å²) in [4.78, 5) is 12.5. The Kier molecular flexibility index (Phi) is 7.21. The molecule has 0 unspecified atom stereocenters. The molecule has 1 amide bonds. The van der Waals surface area contributed by atoms with E-state index in [1.807, 2.05) is 32.0 Å². The van der Waals surface area contributed by atoms with E-state index in [9.17, 15) is 13.2 Å². The van der Waals surface area contributed by atoms with Gasteiger partial charge in [-0.25, -0.2) is 13.1 Å². The molecule has 2 aromatic rings. The minimum atomic E-state index is -3.57.